The number of amides is 1. The molecule has 16 heavy (non-hydrogen) atoms. The molecule has 3 heterocycles. The van der Waals surface area contributed by atoms with Gasteiger partial charge in [-0.05, 0) is 24.0 Å². The summed E-state index contributed by atoms with van der Waals surface area (Å²) in [6.45, 7) is 3.98. The lowest BCUT2D eigenvalue weighted by Gasteiger charge is -2.17. The van der Waals surface area contributed by atoms with Crippen molar-refractivity contribution >= 4 is 5.91 Å². The van der Waals surface area contributed by atoms with E-state index in [0.29, 0.717) is 11.8 Å². The minimum Gasteiger partial charge on any atom is -0.347 e. The van der Waals surface area contributed by atoms with Gasteiger partial charge in [0.25, 0.3) is 5.91 Å². The summed E-state index contributed by atoms with van der Waals surface area (Å²) in [5.41, 5.74) is 0.799. The van der Waals surface area contributed by atoms with E-state index in [1.54, 1.807) is 0 Å². The molecule has 1 N–H and O–H groups in total. The Morgan fingerprint density at radius 1 is 1.38 bits per heavy atom. The van der Waals surface area contributed by atoms with Crippen molar-refractivity contribution in [2.24, 2.45) is 18.9 Å². The smallest absolute Gasteiger partial charge is 0.270 e. The average molecular weight is 219 g/mol. The van der Waals surface area contributed by atoms with E-state index in [1.165, 1.54) is 0 Å². The molecule has 2 aliphatic rings. The van der Waals surface area contributed by atoms with Crippen LogP contribution in [-0.2, 0) is 7.05 Å². The van der Waals surface area contributed by atoms with Gasteiger partial charge in [0.2, 0.25) is 0 Å². The molecule has 2 saturated heterocycles. The zero-order valence-electron chi connectivity index (χ0n) is 9.52. The first-order valence-corrected chi connectivity index (χ1v) is 5.87. The van der Waals surface area contributed by atoms with Crippen LogP contribution in [0.5, 0.6) is 0 Å². The van der Waals surface area contributed by atoms with Gasteiger partial charge in [0.1, 0.15) is 5.69 Å². The van der Waals surface area contributed by atoms with Crippen molar-refractivity contribution in [3.8, 4) is 0 Å². The lowest BCUT2D eigenvalue weighted by Crippen LogP contribution is -2.32. The summed E-state index contributed by atoms with van der Waals surface area (Å²) < 4.78 is 1.90. The van der Waals surface area contributed by atoms with Crippen LogP contribution in [0.3, 0.4) is 0 Å². The summed E-state index contributed by atoms with van der Waals surface area (Å²) in [5.74, 6) is 1.52. The van der Waals surface area contributed by atoms with Crippen molar-refractivity contribution in [2.45, 2.75) is 0 Å². The second-order valence-electron chi connectivity index (χ2n) is 4.89. The Bertz CT molecular complexity index is 400. The van der Waals surface area contributed by atoms with Crippen LogP contribution in [0.4, 0.5) is 0 Å². The molecular weight excluding hydrogens is 202 g/mol. The lowest BCUT2D eigenvalue weighted by atomic mass is 10.0. The molecule has 4 nitrogen and oxygen atoms in total. The summed E-state index contributed by atoms with van der Waals surface area (Å²) in [4.78, 5) is 14.3. The van der Waals surface area contributed by atoms with E-state index < -0.39 is 0 Å². The van der Waals surface area contributed by atoms with Gasteiger partial charge in [-0.3, -0.25) is 4.79 Å². The number of hydrogen-bond acceptors (Lipinski definition) is 2. The topological polar surface area (TPSA) is 37.3 Å². The highest BCUT2D eigenvalue weighted by atomic mass is 16.2. The van der Waals surface area contributed by atoms with Gasteiger partial charge in [-0.25, -0.2) is 0 Å². The van der Waals surface area contributed by atoms with E-state index in [4.69, 9.17) is 0 Å². The monoisotopic (exact) mass is 219 g/mol. The predicted molar refractivity (Wildman–Crippen MR) is 61.2 cm³/mol. The van der Waals surface area contributed by atoms with Crippen LogP contribution in [0.2, 0.25) is 0 Å². The minimum absolute atomic E-state index is 0.182. The van der Waals surface area contributed by atoms with Gasteiger partial charge in [0.05, 0.1) is 0 Å². The summed E-state index contributed by atoms with van der Waals surface area (Å²) in [6, 6.07) is 3.82. The standard InChI is InChI=1S/C12H17N3O/c1-14-4-2-3-11(14)12(16)15-7-9-5-13-6-10(9)8-15/h2-4,9-10,13H,5-8H2,1H3/t9-,10+. The molecule has 3 rings (SSSR count). The van der Waals surface area contributed by atoms with Crippen molar-refractivity contribution in [3.63, 3.8) is 0 Å². The number of aryl methyl sites for hydroxylation is 1. The molecule has 0 bridgehead atoms. The van der Waals surface area contributed by atoms with Gasteiger partial charge < -0.3 is 14.8 Å². The van der Waals surface area contributed by atoms with Gasteiger partial charge in [-0.1, -0.05) is 0 Å². The molecular formula is C12H17N3O. The van der Waals surface area contributed by atoms with E-state index in [2.05, 4.69) is 5.32 Å². The normalized spacial score (nSPS) is 28.4. The third-order valence-corrected chi connectivity index (χ3v) is 3.84. The number of likely N-dealkylation sites (tertiary alicyclic amines) is 1. The van der Waals surface area contributed by atoms with E-state index in [1.807, 2.05) is 34.8 Å². The van der Waals surface area contributed by atoms with Gasteiger partial charge in [-0.15, -0.1) is 0 Å². The molecule has 2 fully saturated rings. The lowest BCUT2D eigenvalue weighted by molar-refractivity contribution is 0.0772. The summed E-state index contributed by atoms with van der Waals surface area (Å²) in [5, 5.41) is 3.39. The highest BCUT2D eigenvalue weighted by Gasteiger charge is 2.38. The van der Waals surface area contributed by atoms with E-state index in [0.717, 1.165) is 31.9 Å². The fourth-order valence-electron chi connectivity index (χ4n) is 2.87. The second-order valence-corrected chi connectivity index (χ2v) is 4.89. The molecule has 1 amide bonds. The van der Waals surface area contributed by atoms with Crippen LogP contribution >= 0.6 is 0 Å². The van der Waals surface area contributed by atoms with E-state index in [9.17, 15) is 4.79 Å². The van der Waals surface area contributed by atoms with Crippen LogP contribution in [-0.4, -0.2) is 41.6 Å². The van der Waals surface area contributed by atoms with E-state index in [-0.39, 0.29) is 5.91 Å². The first-order valence-electron chi connectivity index (χ1n) is 5.87. The number of nitrogens with zero attached hydrogens (tertiary/aromatic N) is 2. The summed E-state index contributed by atoms with van der Waals surface area (Å²) in [7, 11) is 1.92. The molecule has 4 heteroatoms. The van der Waals surface area contributed by atoms with Crippen molar-refractivity contribution in [3.05, 3.63) is 24.0 Å². The number of rotatable bonds is 1. The van der Waals surface area contributed by atoms with Crippen LogP contribution in [0, 0.1) is 11.8 Å². The first-order chi connectivity index (χ1) is 7.75. The average Bonchev–Trinajstić information content (AvgIpc) is 2.89. The molecule has 0 radical (unpaired) electrons. The zero-order valence-corrected chi connectivity index (χ0v) is 9.52. The fraction of sp³-hybridized carbons (Fsp3) is 0.583. The van der Waals surface area contributed by atoms with Crippen molar-refractivity contribution in [1.82, 2.24) is 14.8 Å². The van der Waals surface area contributed by atoms with Crippen molar-refractivity contribution in [2.75, 3.05) is 26.2 Å². The number of carbonyl (C=O) groups excluding carboxylic acids is 1. The maximum absolute atomic E-state index is 12.2. The number of hydrogen-bond donors (Lipinski definition) is 1. The number of fused-ring (bicyclic) bond motifs is 1. The van der Waals surface area contributed by atoms with Crippen LogP contribution < -0.4 is 5.32 Å². The quantitative estimate of drug-likeness (QED) is 0.738. The summed E-state index contributed by atoms with van der Waals surface area (Å²) >= 11 is 0. The fourth-order valence-corrected chi connectivity index (χ4v) is 2.87. The molecule has 0 aromatic carbocycles. The third-order valence-electron chi connectivity index (χ3n) is 3.84. The Labute approximate surface area is 95.2 Å². The molecule has 0 aliphatic carbocycles. The molecule has 86 valence electrons. The molecule has 2 aliphatic heterocycles. The Morgan fingerprint density at radius 3 is 2.62 bits per heavy atom. The highest BCUT2D eigenvalue weighted by molar-refractivity contribution is 5.93. The predicted octanol–water partition coefficient (Wildman–Crippen LogP) is 0.317. The summed E-state index contributed by atoms with van der Waals surface area (Å²) in [6.07, 6.45) is 1.92. The van der Waals surface area contributed by atoms with E-state index >= 15 is 0 Å². The maximum atomic E-state index is 12.2. The molecule has 1 aromatic heterocycles. The second kappa shape index (κ2) is 3.63. The zero-order chi connectivity index (χ0) is 11.1. The number of aromatic nitrogens is 1. The van der Waals surface area contributed by atoms with Gasteiger partial charge in [0, 0.05) is 39.4 Å². The van der Waals surface area contributed by atoms with Crippen LogP contribution in [0.25, 0.3) is 0 Å². The molecule has 0 spiro atoms. The Balaban J connectivity index is 1.75. The largest absolute Gasteiger partial charge is 0.347 e. The highest BCUT2D eigenvalue weighted by Crippen LogP contribution is 2.27. The van der Waals surface area contributed by atoms with Crippen LogP contribution in [0.15, 0.2) is 18.3 Å². The van der Waals surface area contributed by atoms with Gasteiger partial charge >= 0.3 is 0 Å². The maximum Gasteiger partial charge on any atom is 0.270 e. The number of carbonyl (C=O) groups is 1. The SMILES string of the molecule is Cn1cccc1C(=O)N1C[C@H]2CNC[C@H]2C1. The molecule has 2 atom stereocenters. The Kier molecular flexibility index (Phi) is 2.24. The van der Waals surface area contributed by atoms with Crippen molar-refractivity contribution in [1.29, 1.82) is 0 Å². The van der Waals surface area contributed by atoms with Crippen LogP contribution in [0.1, 0.15) is 10.5 Å². The molecule has 1 aromatic rings. The first kappa shape index (κ1) is 9.90. The Hall–Kier alpha value is -1.29. The minimum atomic E-state index is 0.182. The van der Waals surface area contributed by atoms with Crippen molar-refractivity contribution < 1.29 is 4.79 Å². The number of nitrogens with one attached hydrogen (secondary N) is 1. The van der Waals surface area contributed by atoms with Gasteiger partial charge in [0.15, 0.2) is 0 Å². The third kappa shape index (κ3) is 1.45. The van der Waals surface area contributed by atoms with Gasteiger partial charge in [-0.2, -0.15) is 0 Å². The Morgan fingerprint density at radius 2 is 2.06 bits per heavy atom. The molecule has 0 unspecified atom stereocenters. The molecule has 0 saturated carbocycles.